The predicted molar refractivity (Wildman–Crippen MR) is 97.4 cm³/mol. The van der Waals surface area contributed by atoms with Crippen molar-refractivity contribution in [1.82, 2.24) is 15.2 Å². The molecule has 0 amide bonds. The van der Waals surface area contributed by atoms with Gasteiger partial charge in [0.05, 0.1) is 0 Å². The van der Waals surface area contributed by atoms with Gasteiger partial charge >= 0.3 is 0 Å². The Kier molecular flexibility index (Phi) is 5.33. The van der Waals surface area contributed by atoms with Gasteiger partial charge in [-0.05, 0) is 42.3 Å². The molecule has 3 aromatic rings. The monoisotopic (exact) mass is 359 g/mol. The molecule has 0 aliphatic heterocycles. The van der Waals surface area contributed by atoms with Gasteiger partial charge in [0, 0.05) is 10.3 Å². The highest BCUT2D eigenvalue weighted by molar-refractivity contribution is 7.99. The summed E-state index contributed by atoms with van der Waals surface area (Å²) in [5, 5.41) is 8.63. The van der Waals surface area contributed by atoms with Gasteiger partial charge in [-0.3, -0.25) is 5.10 Å². The molecule has 2 aromatic carbocycles. The lowest BCUT2D eigenvalue weighted by Crippen LogP contribution is -1.90. The number of nitrogens with one attached hydrogen (secondary N) is 1. The lowest BCUT2D eigenvalue weighted by molar-refractivity contribution is 0.628. The van der Waals surface area contributed by atoms with E-state index in [1.165, 1.54) is 23.9 Å². The van der Waals surface area contributed by atoms with Crippen molar-refractivity contribution in [2.24, 2.45) is 0 Å². The van der Waals surface area contributed by atoms with Crippen LogP contribution in [0, 0.1) is 5.82 Å². The molecule has 0 saturated carbocycles. The van der Waals surface area contributed by atoms with Gasteiger partial charge in [0.15, 0.2) is 0 Å². The molecule has 1 aromatic heterocycles. The van der Waals surface area contributed by atoms with E-state index >= 15 is 0 Å². The Balaban J connectivity index is 1.67. The smallest absolute Gasteiger partial charge is 0.209 e. The van der Waals surface area contributed by atoms with E-state index in [0.717, 1.165) is 16.1 Å². The van der Waals surface area contributed by atoms with Crippen LogP contribution in [0.1, 0.15) is 29.1 Å². The Hall–Kier alpha value is -2.11. The van der Waals surface area contributed by atoms with Crippen LogP contribution in [0.15, 0.2) is 53.7 Å². The van der Waals surface area contributed by atoms with Gasteiger partial charge in [-0.1, -0.05) is 59.8 Å². The highest BCUT2D eigenvalue weighted by Gasteiger charge is 2.13. The summed E-state index contributed by atoms with van der Waals surface area (Å²) in [6.07, 6.45) is 3.66. The molecule has 0 aliphatic rings. The predicted octanol–water partition coefficient (Wildman–Crippen LogP) is 5.62. The summed E-state index contributed by atoms with van der Waals surface area (Å²) in [5.41, 5.74) is 1.95. The maximum absolute atomic E-state index is 12.9. The maximum atomic E-state index is 12.9. The normalized spacial score (nSPS) is 12.6. The summed E-state index contributed by atoms with van der Waals surface area (Å²) >= 11 is 7.75. The van der Waals surface area contributed by atoms with Crippen molar-refractivity contribution in [2.45, 2.75) is 17.3 Å². The molecule has 0 saturated heterocycles. The molecule has 1 heterocycles. The molecule has 6 heteroatoms. The molecular weight excluding hydrogens is 345 g/mol. The van der Waals surface area contributed by atoms with Crippen LogP contribution in [0.25, 0.3) is 12.2 Å². The first kappa shape index (κ1) is 16.7. The van der Waals surface area contributed by atoms with E-state index in [1.807, 2.05) is 36.4 Å². The fraction of sp³-hybridized carbons (Fsp3) is 0.111. The second kappa shape index (κ2) is 7.64. The zero-order chi connectivity index (χ0) is 16.9. The Bertz CT molecular complexity index is 845. The quantitative estimate of drug-likeness (QED) is 0.601. The SMILES string of the molecule is C[C@H](Sc1n[nH]c(/C=C/c2ccc(F)cc2)n1)c1ccccc1Cl. The number of aromatic nitrogens is 3. The number of thioether (sulfide) groups is 1. The van der Waals surface area contributed by atoms with Crippen molar-refractivity contribution in [1.29, 1.82) is 0 Å². The van der Waals surface area contributed by atoms with Gasteiger partial charge in [-0.25, -0.2) is 9.37 Å². The minimum Gasteiger partial charge on any atom is -0.259 e. The van der Waals surface area contributed by atoms with Crippen molar-refractivity contribution >= 4 is 35.5 Å². The minimum atomic E-state index is -0.251. The molecule has 0 bridgehead atoms. The van der Waals surface area contributed by atoms with E-state index in [4.69, 9.17) is 11.6 Å². The summed E-state index contributed by atoms with van der Waals surface area (Å²) < 4.78 is 12.9. The lowest BCUT2D eigenvalue weighted by atomic mass is 10.2. The Morgan fingerprint density at radius 2 is 1.88 bits per heavy atom. The average molecular weight is 360 g/mol. The van der Waals surface area contributed by atoms with E-state index in [-0.39, 0.29) is 11.1 Å². The van der Waals surface area contributed by atoms with Gasteiger partial charge in [0.2, 0.25) is 5.16 Å². The lowest BCUT2D eigenvalue weighted by Gasteiger charge is -2.10. The highest BCUT2D eigenvalue weighted by atomic mass is 35.5. The minimum absolute atomic E-state index is 0.142. The van der Waals surface area contributed by atoms with Crippen molar-refractivity contribution in [3.05, 3.63) is 76.3 Å². The first-order valence-corrected chi connectivity index (χ1v) is 8.65. The zero-order valence-corrected chi connectivity index (χ0v) is 14.5. The number of aromatic amines is 1. The van der Waals surface area contributed by atoms with E-state index < -0.39 is 0 Å². The first-order chi connectivity index (χ1) is 11.6. The summed E-state index contributed by atoms with van der Waals surface area (Å²) in [4.78, 5) is 4.43. The Labute approximate surface area is 149 Å². The second-order valence-corrected chi connectivity index (χ2v) is 6.88. The van der Waals surface area contributed by atoms with Crippen LogP contribution in [-0.2, 0) is 0 Å². The van der Waals surface area contributed by atoms with Gasteiger partial charge < -0.3 is 0 Å². The highest BCUT2D eigenvalue weighted by Crippen LogP contribution is 2.36. The number of benzene rings is 2. The van der Waals surface area contributed by atoms with Crippen LogP contribution in [0.3, 0.4) is 0 Å². The van der Waals surface area contributed by atoms with Crippen LogP contribution >= 0.6 is 23.4 Å². The molecule has 122 valence electrons. The molecule has 24 heavy (non-hydrogen) atoms. The third-order valence-electron chi connectivity index (χ3n) is 3.41. The number of halogens is 2. The number of hydrogen-bond donors (Lipinski definition) is 1. The molecule has 0 aliphatic carbocycles. The van der Waals surface area contributed by atoms with Crippen molar-refractivity contribution in [3.8, 4) is 0 Å². The summed E-state index contributed by atoms with van der Waals surface area (Å²) in [7, 11) is 0. The van der Waals surface area contributed by atoms with Gasteiger partial charge in [-0.2, -0.15) is 0 Å². The van der Waals surface area contributed by atoms with Gasteiger partial charge in [0.1, 0.15) is 11.6 Å². The maximum Gasteiger partial charge on any atom is 0.209 e. The third kappa shape index (κ3) is 4.24. The number of hydrogen-bond acceptors (Lipinski definition) is 3. The molecule has 1 N–H and O–H groups in total. The number of rotatable bonds is 5. The van der Waals surface area contributed by atoms with Gasteiger partial charge in [0.25, 0.3) is 0 Å². The molecule has 0 radical (unpaired) electrons. The molecule has 1 atom stereocenters. The largest absolute Gasteiger partial charge is 0.259 e. The van der Waals surface area contributed by atoms with Crippen molar-refractivity contribution in [3.63, 3.8) is 0 Å². The van der Waals surface area contributed by atoms with Crippen LogP contribution < -0.4 is 0 Å². The van der Waals surface area contributed by atoms with Crippen molar-refractivity contribution in [2.75, 3.05) is 0 Å². The number of nitrogens with zero attached hydrogens (tertiary/aromatic N) is 2. The average Bonchev–Trinajstić information content (AvgIpc) is 3.02. The summed E-state index contributed by atoms with van der Waals surface area (Å²) in [5.74, 6) is 0.396. The Morgan fingerprint density at radius 3 is 2.62 bits per heavy atom. The molecule has 0 unspecified atom stereocenters. The standard InChI is InChI=1S/C18H15ClFN3S/c1-12(15-4-2-3-5-16(15)19)24-18-21-17(22-23-18)11-8-13-6-9-14(20)10-7-13/h2-12H,1H3,(H,21,22,23)/b11-8+/t12-/m0/s1. The summed E-state index contributed by atoms with van der Waals surface area (Å²) in [6.45, 7) is 2.07. The summed E-state index contributed by atoms with van der Waals surface area (Å²) in [6, 6.07) is 14.0. The Morgan fingerprint density at radius 1 is 1.12 bits per heavy atom. The fourth-order valence-electron chi connectivity index (χ4n) is 2.16. The van der Waals surface area contributed by atoms with E-state index in [2.05, 4.69) is 22.1 Å². The zero-order valence-electron chi connectivity index (χ0n) is 12.9. The van der Waals surface area contributed by atoms with E-state index in [9.17, 15) is 4.39 Å². The third-order valence-corrected chi connectivity index (χ3v) is 4.76. The molecule has 3 rings (SSSR count). The first-order valence-electron chi connectivity index (χ1n) is 7.39. The fourth-order valence-corrected chi connectivity index (χ4v) is 3.42. The number of H-pyrrole nitrogens is 1. The van der Waals surface area contributed by atoms with Crippen molar-refractivity contribution < 1.29 is 4.39 Å². The van der Waals surface area contributed by atoms with Crippen LogP contribution in [0.2, 0.25) is 5.02 Å². The molecule has 0 fully saturated rings. The molecular formula is C18H15ClFN3S. The molecule has 3 nitrogen and oxygen atoms in total. The van der Waals surface area contributed by atoms with Crippen LogP contribution in [0.5, 0.6) is 0 Å². The molecule has 0 spiro atoms. The van der Waals surface area contributed by atoms with Gasteiger partial charge in [-0.15, -0.1) is 5.10 Å². The van der Waals surface area contributed by atoms with Crippen LogP contribution in [0.4, 0.5) is 4.39 Å². The second-order valence-electron chi connectivity index (χ2n) is 5.17. The van der Waals surface area contributed by atoms with E-state index in [0.29, 0.717) is 11.0 Å². The van der Waals surface area contributed by atoms with E-state index in [1.54, 1.807) is 12.1 Å². The topological polar surface area (TPSA) is 41.6 Å². The van der Waals surface area contributed by atoms with Crippen LogP contribution in [-0.4, -0.2) is 15.2 Å².